The van der Waals surface area contributed by atoms with E-state index in [-0.39, 0.29) is 202 Å². The summed E-state index contributed by atoms with van der Waals surface area (Å²) in [6.45, 7) is 4.77. The molecule has 0 unspecified atom stereocenters. The molecule has 1 aliphatic heterocycles. The number of imide groups is 1. The van der Waals surface area contributed by atoms with E-state index in [4.69, 9.17) is 51.9 Å². The van der Waals surface area contributed by atoms with Crippen LogP contribution < -0.4 is 29.9 Å². The van der Waals surface area contributed by atoms with Gasteiger partial charge in [-0.25, -0.2) is 63.2 Å². The van der Waals surface area contributed by atoms with E-state index in [1.165, 1.54) is 14.2 Å². The number of benzene rings is 1. The summed E-state index contributed by atoms with van der Waals surface area (Å²) < 4.78 is 149. The number of carbonyl (C=O) groups is 8. The monoisotopic (exact) mass is 1480 g/mol. The van der Waals surface area contributed by atoms with E-state index in [0.717, 1.165) is 10.5 Å². The van der Waals surface area contributed by atoms with Crippen LogP contribution in [0.15, 0.2) is 45.7 Å². The molecule has 0 spiro atoms. The fraction of sp³-hybridized carbons (Fsp3) is 0.778. The summed E-state index contributed by atoms with van der Waals surface area (Å²) >= 11 is 0. The van der Waals surface area contributed by atoms with Crippen LogP contribution in [0.1, 0.15) is 192 Å². The van der Waals surface area contributed by atoms with Gasteiger partial charge in [-0.1, -0.05) is 82.8 Å². The Morgan fingerprint density at radius 2 is 0.931 bits per heavy atom. The van der Waals surface area contributed by atoms with Crippen LogP contribution in [-0.4, -0.2) is 166 Å². The van der Waals surface area contributed by atoms with Crippen molar-refractivity contribution >= 4 is 48.4 Å². The molecular weight excluding hydrogens is 1380 g/mol. The van der Waals surface area contributed by atoms with Crippen molar-refractivity contribution in [1.29, 1.82) is 0 Å². The molecule has 3 amide bonds. The first-order valence-corrected chi connectivity index (χ1v) is 30.2. The van der Waals surface area contributed by atoms with E-state index < -0.39 is 131 Å². The largest absolute Gasteiger partial charge is 1.00 e. The number of rotatable bonds is 16. The number of methoxy groups -OCH3 is 2. The molecule has 1 heterocycles. The Bertz CT molecular complexity index is 2810. The fourth-order valence-corrected chi connectivity index (χ4v) is 11.3. The number of carbonyl (C=O) groups excluding carboxylic acids is 5. The Morgan fingerprint density at radius 3 is 1.26 bits per heavy atom. The average molecular weight is 1480 g/mol. The number of hydrogen-bond donors (Lipinski definition) is 5. The van der Waals surface area contributed by atoms with Crippen molar-refractivity contribution in [3.05, 3.63) is 67.2 Å². The van der Waals surface area contributed by atoms with Crippen molar-refractivity contribution in [2.75, 3.05) is 20.8 Å². The minimum Gasteiger partial charge on any atom is -0.870 e. The van der Waals surface area contributed by atoms with Crippen molar-refractivity contribution in [3.8, 4) is 0 Å². The third kappa shape index (κ3) is 37.6. The van der Waals surface area contributed by atoms with Gasteiger partial charge in [0.25, 0.3) is 6.47 Å². The molecule has 1 saturated heterocycles. The molecule has 1 aromatic rings. The number of amides is 3. The second kappa shape index (κ2) is 49.2. The molecule has 0 bridgehead atoms. The second-order valence-electron chi connectivity index (χ2n) is 24.5. The van der Waals surface area contributed by atoms with Gasteiger partial charge in [-0.05, 0) is 143 Å². The maximum absolute atomic E-state index is 13.4. The Kier molecular flexibility index (Phi) is 50.9. The normalized spacial score (nSPS) is 20.6. The van der Waals surface area contributed by atoms with Gasteiger partial charge in [0.1, 0.15) is 42.4 Å². The molecule has 7 rings (SSSR count). The Hall–Kier alpha value is -7.47. The van der Waals surface area contributed by atoms with E-state index in [9.17, 15) is 77.5 Å². The molecule has 6 atom stereocenters. The maximum atomic E-state index is 13.4. The number of halogens is 10. The number of carboxylic acid groups (broad SMARTS) is 3. The summed E-state index contributed by atoms with van der Waals surface area (Å²) in [5, 5.41) is 37.0. The molecule has 0 radical (unpaired) electrons. The number of nitrogens with two attached hydrogens (primary N) is 1. The number of carboxylic acids is 2. The molecule has 7 N–H and O–H groups in total. The summed E-state index contributed by atoms with van der Waals surface area (Å²) in [6.07, 6.45) is -2.84. The van der Waals surface area contributed by atoms with Gasteiger partial charge in [0, 0.05) is 78.9 Å². The number of ether oxygens (including phenoxy) is 4. The number of nitrogens with zero attached hydrogens (tertiary/aromatic N) is 10. The van der Waals surface area contributed by atoms with E-state index >= 15 is 0 Å². The number of alkyl carbamates (subject to hydrolysis) is 1. The van der Waals surface area contributed by atoms with Gasteiger partial charge in [0.2, 0.25) is 35.5 Å². The predicted octanol–water partition coefficient (Wildman–Crippen LogP) is 13.1. The predicted molar refractivity (Wildman–Crippen MR) is 350 cm³/mol. The zero-order valence-electron chi connectivity index (χ0n) is 54.4. The van der Waals surface area contributed by atoms with Gasteiger partial charge < -0.3 is 50.8 Å². The minimum absolute atomic E-state index is 0. The van der Waals surface area contributed by atoms with Crippen molar-refractivity contribution in [1.82, 2.24) is 10.2 Å². The topological polar surface area (TPSA) is 452 Å². The van der Waals surface area contributed by atoms with Crippen LogP contribution in [0.25, 0.3) is 31.3 Å². The van der Waals surface area contributed by atoms with Crippen LogP contribution in [0.2, 0.25) is 0 Å². The zero-order valence-corrected chi connectivity index (χ0v) is 54.4. The number of azide groups is 3. The van der Waals surface area contributed by atoms with Crippen LogP contribution in [0.4, 0.5) is 53.5 Å². The number of cyclic esters (lactones) is 1. The first kappa shape index (κ1) is 106. The number of hydrogen-bond acceptors (Lipinski definition) is 17. The van der Waals surface area contributed by atoms with Crippen LogP contribution in [0.3, 0.4) is 0 Å². The number of aliphatic carboxylic acids is 2. The average Bonchev–Trinajstić information content (AvgIpc) is 1.59. The molecular formula is C63H103F10LiN12O16. The molecule has 582 valence electrons. The Morgan fingerprint density at radius 1 is 0.608 bits per heavy atom. The number of nitrogens with one attached hydrogen (secondary N) is 1. The quantitative estimate of drug-likeness (QED) is 0.0150. The first-order chi connectivity index (χ1) is 44.2. The smallest absolute Gasteiger partial charge is 0.870 e. The van der Waals surface area contributed by atoms with Crippen LogP contribution in [0.5, 0.6) is 0 Å². The molecule has 102 heavy (non-hydrogen) atoms. The molecule has 39 heteroatoms. The van der Waals surface area contributed by atoms with Crippen molar-refractivity contribution in [2.45, 2.75) is 264 Å². The molecule has 28 nitrogen and oxygen atoms in total. The second-order valence-corrected chi connectivity index (χ2v) is 24.5. The molecule has 1 aromatic carbocycles. The summed E-state index contributed by atoms with van der Waals surface area (Å²) in [4.78, 5) is 98.0. The third-order valence-electron chi connectivity index (χ3n) is 16.5. The fourth-order valence-electron chi connectivity index (χ4n) is 11.3. The van der Waals surface area contributed by atoms with E-state index in [2.05, 4.69) is 44.9 Å². The minimum atomic E-state index is -2.76. The van der Waals surface area contributed by atoms with Gasteiger partial charge in [-0.2, -0.15) is 0 Å². The van der Waals surface area contributed by atoms with E-state index in [1.54, 1.807) is 20.8 Å². The van der Waals surface area contributed by atoms with Crippen molar-refractivity contribution in [3.63, 3.8) is 0 Å². The molecule has 6 fully saturated rings. The molecule has 5 saturated carbocycles. The van der Waals surface area contributed by atoms with Gasteiger partial charge >= 0.3 is 54.9 Å². The van der Waals surface area contributed by atoms with E-state index in [1.807, 2.05) is 30.3 Å². The summed E-state index contributed by atoms with van der Waals surface area (Å²) in [5.41, 5.74) is 31.1. The van der Waals surface area contributed by atoms with E-state index in [0.29, 0.717) is 19.3 Å². The van der Waals surface area contributed by atoms with Crippen LogP contribution in [0, 0.1) is 29.6 Å². The van der Waals surface area contributed by atoms with Gasteiger partial charge in [0.05, 0.1) is 20.3 Å². The van der Waals surface area contributed by atoms with Gasteiger partial charge in [-0.15, -0.1) is 0 Å². The summed E-state index contributed by atoms with van der Waals surface area (Å²) in [7, 11) is 2.43. The maximum Gasteiger partial charge on any atom is 1.00 e. The summed E-state index contributed by atoms with van der Waals surface area (Å²) in [6, 6.07) is 3.46. The summed E-state index contributed by atoms with van der Waals surface area (Å²) in [5.74, 6) is -19.8. The molecule has 0 aromatic heterocycles. The van der Waals surface area contributed by atoms with Crippen molar-refractivity contribution in [2.24, 2.45) is 50.7 Å². The number of alkyl halides is 10. The molecule has 6 aliphatic rings. The van der Waals surface area contributed by atoms with Crippen molar-refractivity contribution < 1.29 is 141 Å². The SMILES string of the molecule is C.C.C.C.C.CC(C)(C)OC(=O)N[C@H](C(=O)O)C1CCC(F)(F)CC1.COC(=O)[C@@H](N)C1CCC(F)(F)CC1.COC(=O)[C@@H](N=[N+]=[N-])C1CCC(F)(F)CC1.O=CO.[Li+].[N-]=[N+]=N[C@H](C(=O)N1C(=O)OC[C@@H]1Cc1ccccc1)C1CCC(F)(F)CC1.[N-]=[N+]=N[C@H](C(=O)O)C1CCC(F)(F)CC1.[OH-]. The van der Waals surface area contributed by atoms with Gasteiger partial charge in [-0.3, -0.25) is 24.0 Å². The van der Waals surface area contributed by atoms with Crippen LogP contribution >= 0.6 is 0 Å². The standard InChI is InChI=1S/C18H20F2N4O3.C13H21F2NO4.C9H13F2N3O2.C9H15F2NO2.C8H11F2N3O2.CH2O2.5CH4.Li.H2O/c19-18(20)8-6-13(7-9-18)15(22-23-21)16(25)24-14(11-27-17(24)26)10-12-4-2-1-3-5-12;1-12(2,3)20-11(19)16-9(10(17)18)8-4-6-13(14,15)7-5-8;1-16-8(15)7(13-14-12)6-2-4-9(10,11)5-3-6;1-14-8(13)7(12)6-2-4-9(10,11)5-3-6;9-8(10)3-1-5(2-4-8)6(7(14)15)12-13-11;2-1-3;;;;;;;/h1-5,13-15H,6-11H2;8-9H,4-7H2,1-3H3,(H,16,19)(H,17,18);6-7H,2-5H2,1H3;6-7H,2-5,12H2,1H3;5-6H,1-4H2,(H,14,15);1H,(H,2,3);5*1H4;;1H2/q;;;;;;;;;;;+1;/p-1/t14-,15-;9-;2*7-;6-;;;;;;;;/m00000......../s1. The Labute approximate surface area is 600 Å². The first-order valence-electron chi connectivity index (χ1n) is 30.2. The third-order valence-corrected chi connectivity index (χ3v) is 16.5. The van der Waals surface area contributed by atoms with Crippen LogP contribution in [-0.2, 0) is 54.1 Å². The Balaban J connectivity index is -0.000000280. The number of esters is 2. The van der Waals surface area contributed by atoms with Gasteiger partial charge in [0.15, 0.2) is 0 Å². The zero-order chi connectivity index (χ0) is 72.1. The molecule has 5 aliphatic carbocycles.